The number of ether oxygens (including phenoxy) is 2. The number of aliphatic hydroxyl groups is 3. The van der Waals surface area contributed by atoms with Crippen LogP contribution in [0.2, 0.25) is 0 Å². The fourth-order valence-electron chi connectivity index (χ4n) is 3.61. The molecule has 0 aliphatic carbocycles. The first-order chi connectivity index (χ1) is 15.0. The van der Waals surface area contributed by atoms with Crippen LogP contribution in [-0.4, -0.2) is 51.9 Å². The van der Waals surface area contributed by atoms with Crippen molar-refractivity contribution in [3.05, 3.63) is 58.9 Å². The van der Waals surface area contributed by atoms with Gasteiger partial charge in [0.1, 0.15) is 40.5 Å². The average Bonchev–Trinajstić information content (AvgIpc) is 3.32. The van der Waals surface area contributed by atoms with Crippen molar-refractivity contribution in [3.63, 3.8) is 0 Å². The third-order valence-electron chi connectivity index (χ3n) is 5.26. The van der Waals surface area contributed by atoms with Gasteiger partial charge >= 0.3 is 0 Å². The van der Waals surface area contributed by atoms with Crippen LogP contribution in [0.3, 0.4) is 0 Å². The number of furan rings is 1. The van der Waals surface area contributed by atoms with E-state index in [2.05, 4.69) is 6.07 Å². The van der Waals surface area contributed by atoms with Crippen LogP contribution in [0.5, 0.6) is 5.75 Å². The number of hydrogen-bond acceptors (Lipinski definition) is 8. The maximum atomic E-state index is 10.6. The van der Waals surface area contributed by atoms with Crippen molar-refractivity contribution in [1.29, 1.82) is 5.26 Å². The van der Waals surface area contributed by atoms with E-state index in [0.717, 1.165) is 0 Å². The minimum absolute atomic E-state index is 0.106. The summed E-state index contributed by atoms with van der Waals surface area (Å²) in [5.41, 5.74) is 1.90. The SMILES string of the molecule is COc1ccc(-c2cc(-c3ccco3)c(C#N)c(=S)n2[C@@H]2OC[C@@H](O)[C@H](O)[C@H]2O)cc1. The van der Waals surface area contributed by atoms with Gasteiger partial charge in [0.05, 0.1) is 31.2 Å². The molecule has 9 heteroatoms. The highest BCUT2D eigenvalue weighted by molar-refractivity contribution is 7.71. The summed E-state index contributed by atoms with van der Waals surface area (Å²) in [4.78, 5) is 0. The predicted molar refractivity (Wildman–Crippen MR) is 113 cm³/mol. The van der Waals surface area contributed by atoms with Crippen molar-refractivity contribution in [2.45, 2.75) is 24.5 Å². The minimum atomic E-state index is -1.46. The second kappa shape index (κ2) is 8.63. The Bertz CT molecular complexity index is 1170. The zero-order valence-electron chi connectivity index (χ0n) is 16.5. The Morgan fingerprint density at radius 3 is 2.52 bits per heavy atom. The third kappa shape index (κ3) is 3.76. The molecule has 3 N–H and O–H groups in total. The maximum Gasteiger partial charge on any atom is 0.163 e. The molecule has 160 valence electrons. The van der Waals surface area contributed by atoms with E-state index in [9.17, 15) is 20.6 Å². The second-order valence-corrected chi connectivity index (χ2v) is 7.47. The first-order valence-electron chi connectivity index (χ1n) is 9.50. The van der Waals surface area contributed by atoms with Crippen LogP contribution >= 0.6 is 12.2 Å². The molecule has 31 heavy (non-hydrogen) atoms. The summed E-state index contributed by atoms with van der Waals surface area (Å²) in [6.07, 6.45) is -3.74. The van der Waals surface area contributed by atoms with Crippen LogP contribution in [0.1, 0.15) is 11.8 Å². The van der Waals surface area contributed by atoms with Crippen molar-refractivity contribution in [3.8, 4) is 34.4 Å². The van der Waals surface area contributed by atoms with E-state index in [1.54, 1.807) is 49.6 Å². The molecule has 8 nitrogen and oxygen atoms in total. The molecule has 2 aromatic heterocycles. The van der Waals surface area contributed by atoms with Crippen LogP contribution in [0.15, 0.2) is 53.1 Å². The molecule has 0 saturated carbocycles. The van der Waals surface area contributed by atoms with E-state index in [-0.39, 0.29) is 16.8 Å². The lowest BCUT2D eigenvalue weighted by molar-refractivity contribution is -0.210. The molecule has 4 rings (SSSR count). The number of aliphatic hydroxyl groups excluding tert-OH is 3. The predicted octanol–water partition coefficient (Wildman–Crippen LogP) is 2.64. The molecule has 0 unspecified atom stereocenters. The Morgan fingerprint density at radius 2 is 1.90 bits per heavy atom. The molecule has 1 fully saturated rings. The summed E-state index contributed by atoms with van der Waals surface area (Å²) in [5, 5.41) is 40.5. The molecule has 3 heterocycles. The highest BCUT2D eigenvalue weighted by Gasteiger charge is 2.40. The molecule has 1 aromatic carbocycles. The Kier molecular flexibility index (Phi) is 5.91. The zero-order valence-corrected chi connectivity index (χ0v) is 17.3. The van der Waals surface area contributed by atoms with Crippen molar-refractivity contribution in [2.75, 3.05) is 13.7 Å². The van der Waals surface area contributed by atoms with Gasteiger partial charge in [0, 0.05) is 5.56 Å². The van der Waals surface area contributed by atoms with Gasteiger partial charge in [-0.05, 0) is 48.0 Å². The lowest BCUT2D eigenvalue weighted by Crippen LogP contribution is -2.51. The second-order valence-electron chi connectivity index (χ2n) is 7.08. The maximum absolute atomic E-state index is 10.6. The molecule has 4 atom stereocenters. The van der Waals surface area contributed by atoms with Crippen molar-refractivity contribution in [2.24, 2.45) is 0 Å². The van der Waals surface area contributed by atoms with Crippen LogP contribution < -0.4 is 4.74 Å². The van der Waals surface area contributed by atoms with Gasteiger partial charge in [0.15, 0.2) is 6.23 Å². The Labute approximate surface area is 183 Å². The van der Waals surface area contributed by atoms with E-state index in [1.807, 2.05) is 0 Å². The summed E-state index contributed by atoms with van der Waals surface area (Å²) in [6, 6.07) is 14.4. The summed E-state index contributed by atoms with van der Waals surface area (Å²) in [7, 11) is 1.56. The number of nitriles is 1. The number of benzene rings is 1. The van der Waals surface area contributed by atoms with Crippen molar-refractivity contribution < 1.29 is 29.2 Å². The summed E-state index contributed by atoms with van der Waals surface area (Å²) in [6.45, 7) is -0.200. The van der Waals surface area contributed by atoms with Gasteiger partial charge in [0.25, 0.3) is 0 Å². The largest absolute Gasteiger partial charge is 0.497 e. The molecule has 3 aromatic rings. The quantitative estimate of drug-likeness (QED) is 0.530. The van der Waals surface area contributed by atoms with Crippen LogP contribution in [0.25, 0.3) is 22.6 Å². The minimum Gasteiger partial charge on any atom is -0.497 e. The lowest BCUT2D eigenvalue weighted by atomic mass is 10.00. The van der Waals surface area contributed by atoms with Gasteiger partial charge in [-0.25, -0.2) is 0 Å². The van der Waals surface area contributed by atoms with Crippen molar-refractivity contribution >= 4 is 12.2 Å². The molecule has 0 radical (unpaired) electrons. The van der Waals surface area contributed by atoms with E-state index in [1.165, 1.54) is 10.8 Å². The first-order valence-corrected chi connectivity index (χ1v) is 9.90. The smallest absolute Gasteiger partial charge is 0.163 e. The molecule has 1 aliphatic rings. The lowest BCUT2D eigenvalue weighted by Gasteiger charge is -2.37. The van der Waals surface area contributed by atoms with E-state index < -0.39 is 24.5 Å². The van der Waals surface area contributed by atoms with Crippen LogP contribution in [0.4, 0.5) is 0 Å². The summed E-state index contributed by atoms with van der Waals surface area (Å²) < 4.78 is 18.0. The van der Waals surface area contributed by atoms with E-state index in [4.69, 9.17) is 26.1 Å². The Hall–Kier alpha value is -3.00. The fraction of sp³-hybridized carbons (Fsp3) is 0.273. The van der Waals surface area contributed by atoms with Crippen LogP contribution in [-0.2, 0) is 4.74 Å². The monoisotopic (exact) mass is 440 g/mol. The molecule has 0 amide bonds. The van der Waals surface area contributed by atoms with Gasteiger partial charge in [0.2, 0.25) is 0 Å². The zero-order chi connectivity index (χ0) is 22.1. The van der Waals surface area contributed by atoms with Crippen molar-refractivity contribution in [1.82, 2.24) is 4.57 Å². The highest BCUT2D eigenvalue weighted by Crippen LogP contribution is 2.36. The molecular formula is C22H20N2O6S. The molecule has 1 saturated heterocycles. The van der Waals surface area contributed by atoms with Gasteiger partial charge in [-0.2, -0.15) is 5.26 Å². The van der Waals surface area contributed by atoms with Gasteiger partial charge in [-0.3, -0.25) is 0 Å². The topological polar surface area (TPSA) is 121 Å². The normalized spacial score (nSPS) is 23.3. The fourth-order valence-corrected chi connectivity index (χ4v) is 3.97. The molecule has 0 spiro atoms. The van der Waals surface area contributed by atoms with E-state index in [0.29, 0.717) is 28.3 Å². The number of nitrogens with zero attached hydrogens (tertiary/aromatic N) is 2. The number of rotatable bonds is 4. The number of pyridine rings is 1. The Balaban J connectivity index is 1.98. The molecule has 0 bridgehead atoms. The standard InChI is InChI=1S/C22H20N2O6S/c1-28-13-6-4-12(5-7-13)16-9-14(18-3-2-8-29-18)15(10-23)22(31)24(16)21-20(27)19(26)17(25)11-30-21/h2-9,17,19-21,25-27H,11H2,1H3/t17-,19+,20-,21-/m1/s1. The average molecular weight is 440 g/mol. The number of hydrogen-bond donors (Lipinski definition) is 3. The molecular weight excluding hydrogens is 420 g/mol. The van der Waals surface area contributed by atoms with Crippen LogP contribution in [0, 0.1) is 16.0 Å². The summed E-state index contributed by atoms with van der Waals surface area (Å²) >= 11 is 5.63. The highest BCUT2D eigenvalue weighted by atomic mass is 32.1. The molecule has 1 aliphatic heterocycles. The first kappa shape index (κ1) is 21.2. The number of aromatic nitrogens is 1. The van der Waals surface area contributed by atoms with E-state index >= 15 is 0 Å². The number of methoxy groups -OCH3 is 1. The Morgan fingerprint density at radius 1 is 1.16 bits per heavy atom. The van der Waals surface area contributed by atoms with Gasteiger partial charge in [-0.1, -0.05) is 12.2 Å². The van der Waals surface area contributed by atoms with Gasteiger partial charge in [-0.15, -0.1) is 0 Å². The van der Waals surface area contributed by atoms with Gasteiger partial charge < -0.3 is 33.8 Å². The summed E-state index contributed by atoms with van der Waals surface area (Å²) in [5.74, 6) is 1.12. The third-order valence-corrected chi connectivity index (χ3v) is 5.66.